The summed E-state index contributed by atoms with van der Waals surface area (Å²) in [6, 6.07) is 9.79. The first-order valence-corrected chi connectivity index (χ1v) is 10.3. The summed E-state index contributed by atoms with van der Waals surface area (Å²) in [5.41, 5.74) is 1.36. The summed E-state index contributed by atoms with van der Waals surface area (Å²) in [6.45, 7) is 4.80. The van der Waals surface area contributed by atoms with Crippen LogP contribution in [0.3, 0.4) is 0 Å². The standard InChI is InChI=1S/C19H23N3O3S/c1-3-15(2)22(14-16-8-5-4-6-9-16)19(23)17-10-7-11-21-12-13-26(24,25)20-18(17)21/h4-11,15H,3,12-14H2,1-2H3. The van der Waals surface area contributed by atoms with E-state index in [4.69, 9.17) is 0 Å². The number of hydrogen-bond acceptors (Lipinski definition) is 4. The van der Waals surface area contributed by atoms with Gasteiger partial charge >= 0.3 is 0 Å². The Hall–Kier alpha value is -2.41. The van der Waals surface area contributed by atoms with E-state index in [0.717, 1.165) is 12.0 Å². The second-order valence-corrected chi connectivity index (χ2v) is 8.25. The van der Waals surface area contributed by atoms with Crippen LogP contribution in [0.4, 0.5) is 0 Å². The van der Waals surface area contributed by atoms with Gasteiger partial charge < -0.3 is 9.80 Å². The highest BCUT2D eigenvalue weighted by atomic mass is 32.2. The number of allylic oxidation sites excluding steroid dienone is 2. The third kappa shape index (κ3) is 3.88. The summed E-state index contributed by atoms with van der Waals surface area (Å²) in [7, 11) is -3.53. The van der Waals surface area contributed by atoms with Crippen molar-refractivity contribution in [3.05, 3.63) is 59.8 Å². The molecule has 0 spiro atoms. The lowest BCUT2D eigenvalue weighted by atomic mass is 10.1. The summed E-state index contributed by atoms with van der Waals surface area (Å²) < 4.78 is 27.7. The van der Waals surface area contributed by atoms with Crippen molar-refractivity contribution < 1.29 is 13.2 Å². The van der Waals surface area contributed by atoms with E-state index in [1.807, 2.05) is 44.2 Å². The maximum absolute atomic E-state index is 13.3. The van der Waals surface area contributed by atoms with E-state index in [1.165, 1.54) is 0 Å². The fourth-order valence-corrected chi connectivity index (χ4v) is 3.95. The summed E-state index contributed by atoms with van der Waals surface area (Å²) in [6.07, 6.45) is 5.98. The number of carbonyl (C=O) groups is 1. The number of amides is 1. The van der Waals surface area contributed by atoms with Crippen LogP contribution in [0, 0.1) is 0 Å². The number of hydrogen-bond donors (Lipinski definition) is 0. The third-order valence-corrected chi connectivity index (χ3v) is 5.82. The minimum atomic E-state index is -3.53. The van der Waals surface area contributed by atoms with Crippen LogP contribution in [0.15, 0.2) is 58.7 Å². The molecule has 2 aliphatic rings. The molecule has 0 aromatic heterocycles. The number of carbonyl (C=O) groups excluding carboxylic acids is 1. The lowest BCUT2D eigenvalue weighted by molar-refractivity contribution is -0.129. The largest absolute Gasteiger partial charge is 0.332 e. The van der Waals surface area contributed by atoms with Gasteiger partial charge in [-0.25, -0.2) is 8.42 Å². The first-order chi connectivity index (χ1) is 12.4. The molecule has 26 heavy (non-hydrogen) atoms. The van der Waals surface area contributed by atoms with E-state index in [-0.39, 0.29) is 23.5 Å². The van der Waals surface area contributed by atoms with E-state index in [0.29, 0.717) is 18.7 Å². The van der Waals surface area contributed by atoms with Crippen molar-refractivity contribution >= 4 is 21.8 Å². The minimum Gasteiger partial charge on any atom is -0.332 e. The van der Waals surface area contributed by atoms with Gasteiger partial charge in [0, 0.05) is 25.3 Å². The van der Waals surface area contributed by atoms with Gasteiger partial charge in [-0.3, -0.25) is 4.79 Å². The van der Waals surface area contributed by atoms with Crippen LogP contribution in [0.25, 0.3) is 0 Å². The predicted molar refractivity (Wildman–Crippen MR) is 102 cm³/mol. The van der Waals surface area contributed by atoms with Crippen LogP contribution in [-0.2, 0) is 21.4 Å². The lowest BCUT2D eigenvalue weighted by Crippen LogP contribution is -2.45. The Bertz CT molecular complexity index is 873. The number of amidine groups is 1. The van der Waals surface area contributed by atoms with Crippen molar-refractivity contribution in [1.29, 1.82) is 0 Å². The SMILES string of the molecule is CCC(C)N(Cc1ccccc1)C(=O)C1=CC=CN2CCS(=O)(=O)N=C12. The molecule has 0 aliphatic carbocycles. The van der Waals surface area contributed by atoms with Crippen molar-refractivity contribution in [1.82, 2.24) is 9.80 Å². The Morgan fingerprint density at radius 2 is 2.04 bits per heavy atom. The zero-order valence-electron chi connectivity index (χ0n) is 15.0. The molecular weight excluding hydrogens is 350 g/mol. The van der Waals surface area contributed by atoms with E-state index in [2.05, 4.69) is 4.40 Å². The first kappa shape index (κ1) is 18.4. The fourth-order valence-electron chi connectivity index (χ4n) is 2.97. The number of rotatable bonds is 5. The summed E-state index contributed by atoms with van der Waals surface area (Å²) in [5, 5.41) is 0. The van der Waals surface area contributed by atoms with Crippen molar-refractivity contribution in [3.8, 4) is 0 Å². The molecule has 3 rings (SSSR count). The zero-order chi connectivity index (χ0) is 18.7. The van der Waals surface area contributed by atoms with Crippen LogP contribution >= 0.6 is 0 Å². The Morgan fingerprint density at radius 1 is 1.31 bits per heavy atom. The highest BCUT2D eigenvalue weighted by Crippen LogP contribution is 2.22. The molecule has 7 heteroatoms. The maximum Gasteiger partial charge on any atom is 0.258 e. The molecule has 0 N–H and O–H groups in total. The minimum absolute atomic E-state index is 0.0174. The number of fused-ring (bicyclic) bond motifs is 1. The summed E-state index contributed by atoms with van der Waals surface area (Å²) >= 11 is 0. The van der Waals surface area contributed by atoms with Gasteiger partial charge in [0.15, 0.2) is 5.84 Å². The molecule has 1 unspecified atom stereocenters. The smallest absolute Gasteiger partial charge is 0.258 e. The van der Waals surface area contributed by atoms with Crippen LogP contribution in [-0.4, -0.2) is 48.3 Å². The maximum atomic E-state index is 13.3. The quantitative estimate of drug-likeness (QED) is 0.794. The predicted octanol–water partition coefficient (Wildman–Crippen LogP) is 2.31. The van der Waals surface area contributed by atoms with Gasteiger partial charge in [-0.15, -0.1) is 4.40 Å². The second-order valence-electron chi connectivity index (χ2n) is 6.49. The molecule has 0 bridgehead atoms. The molecule has 2 aliphatic heterocycles. The van der Waals surface area contributed by atoms with Gasteiger partial charge in [-0.2, -0.15) is 0 Å². The molecule has 6 nitrogen and oxygen atoms in total. The van der Waals surface area contributed by atoms with E-state index >= 15 is 0 Å². The number of nitrogens with zero attached hydrogens (tertiary/aromatic N) is 3. The van der Waals surface area contributed by atoms with Gasteiger partial charge in [0.1, 0.15) is 0 Å². The number of sulfonamides is 1. The van der Waals surface area contributed by atoms with Gasteiger partial charge in [-0.05, 0) is 31.1 Å². The topological polar surface area (TPSA) is 70.1 Å². The highest BCUT2D eigenvalue weighted by Gasteiger charge is 2.33. The summed E-state index contributed by atoms with van der Waals surface area (Å²) in [4.78, 5) is 16.8. The van der Waals surface area contributed by atoms with Crippen LogP contribution in [0.2, 0.25) is 0 Å². The Balaban J connectivity index is 1.94. The molecule has 138 valence electrons. The molecule has 0 saturated heterocycles. The normalized spacial score (nSPS) is 19.2. The van der Waals surface area contributed by atoms with E-state index in [1.54, 1.807) is 28.2 Å². The molecular formula is C19H23N3O3S. The second kappa shape index (κ2) is 7.45. The molecule has 2 heterocycles. The van der Waals surface area contributed by atoms with Gasteiger partial charge in [0.2, 0.25) is 0 Å². The molecule has 1 atom stereocenters. The van der Waals surface area contributed by atoms with Crippen LogP contribution in [0.1, 0.15) is 25.8 Å². The van der Waals surface area contributed by atoms with Crippen molar-refractivity contribution in [3.63, 3.8) is 0 Å². The molecule has 1 aromatic carbocycles. The Morgan fingerprint density at radius 3 is 2.73 bits per heavy atom. The first-order valence-electron chi connectivity index (χ1n) is 8.74. The molecule has 0 fully saturated rings. The Kier molecular flexibility index (Phi) is 5.27. The summed E-state index contributed by atoms with van der Waals surface area (Å²) in [5.74, 6) is -0.0139. The molecule has 0 saturated carbocycles. The van der Waals surface area contributed by atoms with Gasteiger partial charge in [-0.1, -0.05) is 37.3 Å². The van der Waals surface area contributed by atoms with Crippen LogP contribution < -0.4 is 0 Å². The van der Waals surface area contributed by atoms with Crippen molar-refractivity contribution in [2.45, 2.75) is 32.9 Å². The number of benzene rings is 1. The average molecular weight is 373 g/mol. The van der Waals surface area contributed by atoms with Gasteiger partial charge in [0.05, 0.1) is 11.3 Å². The molecule has 0 radical (unpaired) electrons. The molecule has 1 amide bonds. The molecule has 1 aromatic rings. The van der Waals surface area contributed by atoms with E-state index in [9.17, 15) is 13.2 Å². The van der Waals surface area contributed by atoms with Gasteiger partial charge in [0.25, 0.3) is 15.9 Å². The lowest BCUT2D eigenvalue weighted by Gasteiger charge is -2.33. The average Bonchev–Trinajstić information content (AvgIpc) is 2.64. The third-order valence-electron chi connectivity index (χ3n) is 4.67. The Labute approximate surface area is 154 Å². The van der Waals surface area contributed by atoms with E-state index < -0.39 is 10.0 Å². The highest BCUT2D eigenvalue weighted by molar-refractivity contribution is 7.90. The monoisotopic (exact) mass is 373 g/mol. The fraction of sp³-hybridized carbons (Fsp3) is 0.368. The zero-order valence-corrected chi connectivity index (χ0v) is 15.8. The van der Waals surface area contributed by atoms with Crippen molar-refractivity contribution in [2.24, 2.45) is 4.40 Å². The van der Waals surface area contributed by atoms with Crippen LogP contribution in [0.5, 0.6) is 0 Å². The van der Waals surface area contributed by atoms with Crippen molar-refractivity contribution in [2.75, 3.05) is 12.3 Å².